The number of ether oxygens (including phenoxy) is 1. The first-order valence-corrected chi connectivity index (χ1v) is 8.12. The van der Waals surface area contributed by atoms with Crippen LogP contribution >= 0.6 is 0 Å². The fourth-order valence-corrected chi connectivity index (χ4v) is 2.34. The van der Waals surface area contributed by atoms with Gasteiger partial charge in [-0.15, -0.1) is 0 Å². The molecule has 0 aliphatic carbocycles. The molecule has 0 spiro atoms. The third-order valence-electron chi connectivity index (χ3n) is 3.55. The molecule has 1 aromatic rings. The van der Waals surface area contributed by atoms with Gasteiger partial charge in [-0.2, -0.15) is 18.3 Å². The summed E-state index contributed by atoms with van der Waals surface area (Å²) >= 11 is 0. The Bertz CT molecular complexity index is 662. The molecule has 6 nitrogen and oxygen atoms in total. The third-order valence-corrected chi connectivity index (χ3v) is 3.55. The predicted molar refractivity (Wildman–Crippen MR) is 88.1 cm³/mol. The van der Waals surface area contributed by atoms with E-state index in [1.165, 1.54) is 11.9 Å². The number of halogens is 3. The summed E-state index contributed by atoms with van der Waals surface area (Å²) in [7, 11) is 0. The number of nitrogens with zero attached hydrogens (tertiary/aromatic N) is 2. The number of carbonyl (C=O) groups excluding carboxylic acids is 2. The minimum absolute atomic E-state index is 0.151. The molecule has 1 aromatic carbocycles. The smallest absolute Gasteiger partial charge is 0.370 e. The summed E-state index contributed by atoms with van der Waals surface area (Å²) in [6, 6.07) is 8.60. The van der Waals surface area contributed by atoms with Gasteiger partial charge in [0.25, 0.3) is 5.91 Å². The monoisotopic (exact) mass is 371 g/mol. The van der Waals surface area contributed by atoms with Crippen LogP contribution in [-0.4, -0.2) is 48.0 Å². The molecule has 1 aliphatic heterocycles. The SMILES string of the molecule is CC(COCC(F)(F)F)NC(=O)C1=NN(Cc2ccccc2)C(=O)CC1. The molecular formula is C17H20F3N3O3. The molecular weight excluding hydrogens is 351 g/mol. The Kier molecular flexibility index (Phi) is 6.73. The molecule has 0 fully saturated rings. The molecule has 0 radical (unpaired) electrons. The molecule has 0 saturated heterocycles. The highest BCUT2D eigenvalue weighted by molar-refractivity contribution is 6.39. The lowest BCUT2D eigenvalue weighted by Crippen LogP contribution is -2.43. The van der Waals surface area contributed by atoms with Gasteiger partial charge in [0.05, 0.1) is 13.2 Å². The van der Waals surface area contributed by atoms with Crippen molar-refractivity contribution in [2.45, 2.75) is 38.5 Å². The Balaban J connectivity index is 1.90. The lowest BCUT2D eigenvalue weighted by Gasteiger charge is -2.24. The van der Waals surface area contributed by atoms with Crippen molar-refractivity contribution in [3.63, 3.8) is 0 Å². The Morgan fingerprint density at radius 3 is 2.65 bits per heavy atom. The van der Waals surface area contributed by atoms with E-state index in [1.807, 2.05) is 30.3 Å². The van der Waals surface area contributed by atoms with E-state index in [0.717, 1.165) is 5.56 Å². The standard InChI is InChI=1S/C17H20F3N3O3/c1-12(10-26-11-17(18,19)20)21-16(25)14-7-8-15(24)23(22-14)9-13-5-3-2-4-6-13/h2-6,12H,7-11H2,1H3,(H,21,25). The summed E-state index contributed by atoms with van der Waals surface area (Å²) in [4.78, 5) is 24.2. The quantitative estimate of drug-likeness (QED) is 0.799. The minimum atomic E-state index is -4.41. The Labute approximate surface area is 149 Å². The van der Waals surface area contributed by atoms with Crippen molar-refractivity contribution in [2.24, 2.45) is 5.10 Å². The van der Waals surface area contributed by atoms with Crippen molar-refractivity contribution >= 4 is 17.5 Å². The average molecular weight is 371 g/mol. The van der Waals surface area contributed by atoms with E-state index in [0.29, 0.717) is 0 Å². The molecule has 0 saturated carbocycles. The van der Waals surface area contributed by atoms with Gasteiger partial charge in [-0.25, -0.2) is 5.01 Å². The van der Waals surface area contributed by atoms with Gasteiger partial charge in [-0.3, -0.25) is 9.59 Å². The first kappa shape index (κ1) is 19.9. The second-order valence-corrected chi connectivity index (χ2v) is 5.99. The largest absolute Gasteiger partial charge is 0.411 e. The number of amides is 2. The van der Waals surface area contributed by atoms with Crippen LogP contribution < -0.4 is 5.32 Å². The summed E-state index contributed by atoms with van der Waals surface area (Å²) in [6.07, 6.45) is -4.07. The number of hydrogen-bond acceptors (Lipinski definition) is 4. The Hall–Kier alpha value is -2.42. The number of alkyl halides is 3. The second kappa shape index (κ2) is 8.79. The molecule has 1 N–H and O–H groups in total. The van der Waals surface area contributed by atoms with Crippen molar-refractivity contribution in [3.05, 3.63) is 35.9 Å². The topological polar surface area (TPSA) is 71.0 Å². The van der Waals surface area contributed by atoms with Gasteiger partial charge in [-0.05, 0) is 12.5 Å². The van der Waals surface area contributed by atoms with Gasteiger partial charge in [0.15, 0.2) is 0 Å². The number of nitrogens with one attached hydrogen (secondary N) is 1. The molecule has 2 rings (SSSR count). The van der Waals surface area contributed by atoms with Crippen molar-refractivity contribution < 1.29 is 27.5 Å². The number of hydrazone groups is 1. The summed E-state index contributed by atoms with van der Waals surface area (Å²) in [6.45, 7) is 0.143. The summed E-state index contributed by atoms with van der Waals surface area (Å²) in [5, 5.41) is 7.87. The molecule has 0 aromatic heterocycles. The minimum Gasteiger partial charge on any atom is -0.370 e. The van der Waals surface area contributed by atoms with E-state index in [1.54, 1.807) is 0 Å². The molecule has 1 aliphatic rings. The third kappa shape index (κ3) is 6.47. The number of rotatable bonds is 7. The van der Waals surface area contributed by atoms with E-state index in [4.69, 9.17) is 0 Å². The van der Waals surface area contributed by atoms with Crippen molar-refractivity contribution in [1.82, 2.24) is 10.3 Å². The normalized spacial score (nSPS) is 16.2. The van der Waals surface area contributed by atoms with Gasteiger partial charge < -0.3 is 10.1 Å². The molecule has 2 amide bonds. The molecule has 1 atom stereocenters. The van der Waals surface area contributed by atoms with Crippen LogP contribution in [0.3, 0.4) is 0 Å². The maximum Gasteiger partial charge on any atom is 0.411 e. The maximum atomic E-state index is 12.2. The van der Waals surface area contributed by atoms with Crippen LogP contribution in [0.2, 0.25) is 0 Å². The zero-order valence-corrected chi connectivity index (χ0v) is 14.3. The highest BCUT2D eigenvalue weighted by Crippen LogP contribution is 2.15. The average Bonchev–Trinajstić information content (AvgIpc) is 2.56. The molecule has 142 valence electrons. The van der Waals surface area contributed by atoms with Crippen molar-refractivity contribution in [1.29, 1.82) is 0 Å². The number of hydrogen-bond donors (Lipinski definition) is 1. The lowest BCUT2D eigenvalue weighted by atomic mass is 10.1. The van der Waals surface area contributed by atoms with E-state index < -0.39 is 24.7 Å². The van der Waals surface area contributed by atoms with Gasteiger partial charge in [0.1, 0.15) is 12.3 Å². The van der Waals surface area contributed by atoms with Gasteiger partial charge in [0, 0.05) is 18.9 Å². The molecule has 0 bridgehead atoms. The van der Waals surface area contributed by atoms with Crippen LogP contribution in [0.15, 0.2) is 35.4 Å². The fraction of sp³-hybridized carbons (Fsp3) is 0.471. The highest BCUT2D eigenvalue weighted by Gasteiger charge is 2.28. The van der Waals surface area contributed by atoms with E-state index in [-0.39, 0.29) is 37.6 Å². The maximum absolute atomic E-state index is 12.2. The zero-order chi connectivity index (χ0) is 19.2. The number of carbonyl (C=O) groups is 2. The Morgan fingerprint density at radius 1 is 1.31 bits per heavy atom. The first-order valence-electron chi connectivity index (χ1n) is 8.12. The van der Waals surface area contributed by atoms with Gasteiger partial charge >= 0.3 is 6.18 Å². The van der Waals surface area contributed by atoms with E-state index in [2.05, 4.69) is 15.2 Å². The van der Waals surface area contributed by atoms with E-state index in [9.17, 15) is 22.8 Å². The van der Waals surface area contributed by atoms with Crippen molar-refractivity contribution in [2.75, 3.05) is 13.2 Å². The summed E-state index contributed by atoms with van der Waals surface area (Å²) in [5.74, 6) is -0.703. The fourth-order valence-electron chi connectivity index (χ4n) is 2.34. The van der Waals surface area contributed by atoms with E-state index >= 15 is 0 Å². The molecule has 26 heavy (non-hydrogen) atoms. The molecule has 9 heteroatoms. The predicted octanol–water partition coefficient (Wildman–Crippen LogP) is 2.25. The number of benzene rings is 1. The molecule has 1 heterocycles. The van der Waals surface area contributed by atoms with Gasteiger partial charge in [-0.1, -0.05) is 30.3 Å². The van der Waals surface area contributed by atoms with Gasteiger partial charge in [0.2, 0.25) is 5.91 Å². The van der Waals surface area contributed by atoms with Crippen LogP contribution in [0.5, 0.6) is 0 Å². The molecule has 1 unspecified atom stereocenters. The highest BCUT2D eigenvalue weighted by atomic mass is 19.4. The summed E-state index contributed by atoms with van der Waals surface area (Å²) < 4.78 is 40.7. The lowest BCUT2D eigenvalue weighted by molar-refractivity contribution is -0.175. The second-order valence-electron chi connectivity index (χ2n) is 5.99. The summed E-state index contributed by atoms with van der Waals surface area (Å²) in [5.41, 5.74) is 1.04. The van der Waals surface area contributed by atoms with Crippen LogP contribution in [0.1, 0.15) is 25.3 Å². The van der Waals surface area contributed by atoms with Crippen LogP contribution in [-0.2, 0) is 20.9 Å². The Morgan fingerprint density at radius 2 is 2.00 bits per heavy atom. The van der Waals surface area contributed by atoms with Crippen molar-refractivity contribution in [3.8, 4) is 0 Å². The van der Waals surface area contributed by atoms with Crippen LogP contribution in [0, 0.1) is 0 Å². The first-order chi connectivity index (χ1) is 12.2. The van der Waals surface area contributed by atoms with Crippen LogP contribution in [0.25, 0.3) is 0 Å². The zero-order valence-electron chi connectivity index (χ0n) is 14.3. The van der Waals surface area contributed by atoms with Crippen LogP contribution in [0.4, 0.5) is 13.2 Å².